The van der Waals surface area contributed by atoms with Crippen molar-refractivity contribution in [2.75, 3.05) is 7.05 Å². The van der Waals surface area contributed by atoms with Gasteiger partial charge in [-0.1, -0.05) is 0 Å². The summed E-state index contributed by atoms with van der Waals surface area (Å²) in [4.78, 5) is 0. The predicted molar refractivity (Wildman–Crippen MR) is 38.2 cm³/mol. The average Bonchev–Trinajstić information content (AvgIpc) is 1.65. The van der Waals surface area contributed by atoms with Gasteiger partial charge < -0.3 is 20.4 Å². The van der Waals surface area contributed by atoms with Gasteiger partial charge in [0.2, 0.25) is 0 Å². The van der Waals surface area contributed by atoms with Crippen LogP contribution in [0.1, 0.15) is 0 Å². The smallest absolute Gasteiger partial charge is 0.402 e. The van der Waals surface area contributed by atoms with E-state index in [1.165, 1.54) is 0 Å². The minimum absolute atomic E-state index is 0.199. The largest absolute Gasteiger partial charge is 0.631 e. The van der Waals surface area contributed by atoms with E-state index < -0.39 is 7.32 Å². The molecule has 0 saturated carbocycles. The van der Waals surface area contributed by atoms with Crippen LogP contribution in [0.2, 0.25) is 0 Å². The number of nitrogens with one attached hydrogen (secondary N) is 2. The molecule has 0 unspecified atom stereocenters. The van der Waals surface area contributed by atoms with Crippen LogP contribution in [0.5, 0.6) is 0 Å². The Hall–Kier alpha value is -0.235. The van der Waals surface area contributed by atoms with Crippen LogP contribution in [0, 0.1) is 5.41 Å². The van der Waals surface area contributed by atoms with Gasteiger partial charge in [0.25, 0.3) is 0 Å². The van der Waals surface area contributed by atoms with Crippen LogP contribution in [-0.4, -0.2) is 34.6 Å². The summed E-state index contributed by atoms with van der Waals surface area (Å²) >= 11 is 3.57. The van der Waals surface area contributed by atoms with Crippen molar-refractivity contribution in [3.63, 3.8) is 0 Å². The van der Waals surface area contributed by atoms with Gasteiger partial charge in [-0.3, -0.25) is 5.41 Å². The highest BCUT2D eigenvalue weighted by Gasteiger charge is 1.92. The van der Waals surface area contributed by atoms with Crippen LogP contribution in [0.15, 0.2) is 0 Å². The fraction of sp³-hybridized carbons (Fsp3) is 0.500. The summed E-state index contributed by atoms with van der Waals surface area (Å²) in [7, 11) is -0.519. The van der Waals surface area contributed by atoms with Crippen LogP contribution in [0.3, 0.4) is 0 Å². The van der Waals surface area contributed by atoms with Gasteiger partial charge in [0.15, 0.2) is 0 Å². The Morgan fingerprint density at radius 1 is 1.56 bits per heavy atom. The number of thiol groups is 1. The van der Waals surface area contributed by atoms with E-state index in [1.807, 2.05) is 0 Å². The lowest BCUT2D eigenvalue weighted by Crippen LogP contribution is -2.08. The van der Waals surface area contributed by atoms with Gasteiger partial charge in [0.05, 0.1) is 0 Å². The summed E-state index contributed by atoms with van der Waals surface area (Å²) < 4.78 is 0. The lowest BCUT2D eigenvalue weighted by atomic mass is 10.3. The molecule has 9 heavy (non-hydrogen) atoms. The summed E-state index contributed by atoms with van der Waals surface area (Å²) in [6.45, 7) is 0. The molecular weight excluding hydrogens is 143 g/mol. The maximum absolute atomic E-state index is 7.17. The lowest BCUT2D eigenvalue weighted by molar-refractivity contribution is 0.278. The molecule has 0 aromatic rings. The molecule has 0 spiro atoms. The second kappa shape index (κ2) is 7.76. The van der Waals surface area contributed by atoms with Gasteiger partial charge in [-0.05, 0) is 0 Å². The number of hydrogen-bond acceptors (Lipinski definition) is 4. The first-order valence-corrected chi connectivity index (χ1v) is 2.45. The third-order valence-corrected chi connectivity index (χ3v) is 0.460. The molecule has 0 aromatic heterocycles. The van der Waals surface area contributed by atoms with Crippen molar-refractivity contribution in [3.05, 3.63) is 0 Å². The molecule has 0 aromatic carbocycles. The molecule has 5 nitrogen and oxygen atoms in total. The van der Waals surface area contributed by atoms with Crippen LogP contribution >= 0.6 is 12.6 Å². The normalized spacial score (nSPS) is 6.78. The van der Waals surface area contributed by atoms with E-state index in [2.05, 4.69) is 17.9 Å². The summed E-state index contributed by atoms with van der Waals surface area (Å²) in [6.07, 6.45) is 0. The molecule has 54 valence electrons. The second-order valence-corrected chi connectivity index (χ2v) is 1.39. The molecule has 0 radical (unpaired) electrons. The zero-order valence-electron chi connectivity index (χ0n) is 4.87. The Kier molecular flexibility index (Phi) is 9.96. The number of hydrogen-bond donors (Lipinski definition) is 6. The predicted octanol–water partition coefficient (Wildman–Crippen LogP) is -1.98. The summed E-state index contributed by atoms with van der Waals surface area (Å²) in [6, 6.07) is 0. The van der Waals surface area contributed by atoms with Crippen LogP contribution in [0.4, 0.5) is 0 Å². The number of rotatable bonds is 0. The highest BCUT2D eigenvalue weighted by molar-refractivity contribution is 7.96. The highest BCUT2D eigenvalue weighted by atomic mass is 32.1. The highest BCUT2D eigenvalue weighted by Crippen LogP contribution is 1.63. The molecule has 0 amide bonds. The minimum Gasteiger partial charge on any atom is -0.402 e. The van der Waals surface area contributed by atoms with Gasteiger partial charge in [-0.25, -0.2) is 0 Å². The average molecular weight is 152 g/mol. The Bertz CT molecular complexity index is 77.5. The third-order valence-electron chi connectivity index (χ3n) is 0.237. The van der Waals surface area contributed by atoms with E-state index in [4.69, 9.17) is 20.5 Å². The molecule has 0 bridgehead atoms. The topological polar surface area (TPSA) is 96.6 Å². The molecule has 0 aliphatic rings. The van der Waals surface area contributed by atoms with Gasteiger partial charge in [0, 0.05) is 7.05 Å². The van der Waals surface area contributed by atoms with Crippen molar-refractivity contribution in [3.8, 4) is 0 Å². The van der Waals surface area contributed by atoms with Gasteiger partial charge in [-0.15, -0.1) is 12.6 Å². The van der Waals surface area contributed by atoms with Crippen molar-refractivity contribution in [2.24, 2.45) is 0 Å². The molecule has 0 aliphatic heterocycles. The third kappa shape index (κ3) is 82.8. The molecule has 0 saturated heterocycles. The first-order chi connectivity index (χ1) is 4.00. The Morgan fingerprint density at radius 2 is 1.67 bits per heavy atom. The minimum atomic E-state index is -2.17. The van der Waals surface area contributed by atoms with Gasteiger partial charge in [-0.2, -0.15) is 0 Å². The van der Waals surface area contributed by atoms with Crippen LogP contribution < -0.4 is 5.32 Å². The van der Waals surface area contributed by atoms with Crippen LogP contribution in [-0.2, 0) is 0 Å². The van der Waals surface area contributed by atoms with E-state index in [0.717, 1.165) is 0 Å². The number of amidine groups is 1. The van der Waals surface area contributed by atoms with E-state index >= 15 is 0 Å². The van der Waals surface area contributed by atoms with Crippen molar-refractivity contribution < 1.29 is 15.1 Å². The standard InChI is InChI=1S/C2H6N2S.BH3O3/c1-4-2(3)5;2-1(3)4/h1H3,(H3,3,4,5);2-4H. The fourth-order valence-corrected chi connectivity index (χ4v) is 0. The van der Waals surface area contributed by atoms with Crippen LogP contribution in [0.25, 0.3) is 0 Å². The molecule has 5 N–H and O–H groups in total. The quantitative estimate of drug-likeness (QED) is 0.105. The lowest BCUT2D eigenvalue weighted by Gasteiger charge is -1.83. The molecule has 0 fully saturated rings. The molecular formula is C2H9BN2O3S. The van der Waals surface area contributed by atoms with E-state index in [9.17, 15) is 0 Å². The van der Waals surface area contributed by atoms with Gasteiger partial charge in [0.1, 0.15) is 5.17 Å². The van der Waals surface area contributed by atoms with Crippen molar-refractivity contribution >= 4 is 25.1 Å². The molecule has 0 aliphatic carbocycles. The SMILES string of the molecule is CNC(=N)S.OB(O)O. The Balaban J connectivity index is 0. The first-order valence-electron chi connectivity index (χ1n) is 2.00. The molecule has 0 heterocycles. The Labute approximate surface area is 58.8 Å². The Morgan fingerprint density at radius 3 is 1.67 bits per heavy atom. The van der Waals surface area contributed by atoms with Crippen molar-refractivity contribution in [2.45, 2.75) is 0 Å². The summed E-state index contributed by atoms with van der Waals surface area (Å²) in [5, 5.41) is 30.7. The molecule has 7 heteroatoms. The van der Waals surface area contributed by atoms with E-state index in [1.54, 1.807) is 7.05 Å². The van der Waals surface area contributed by atoms with Crippen molar-refractivity contribution in [1.82, 2.24) is 5.32 Å². The van der Waals surface area contributed by atoms with Gasteiger partial charge >= 0.3 is 7.32 Å². The zero-order valence-corrected chi connectivity index (χ0v) is 5.76. The van der Waals surface area contributed by atoms with Crippen molar-refractivity contribution in [1.29, 1.82) is 5.41 Å². The van der Waals surface area contributed by atoms with E-state index in [0.29, 0.717) is 0 Å². The van der Waals surface area contributed by atoms with E-state index in [-0.39, 0.29) is 5.17 Å². The fourth-order valence-electron chi connectivity index (χ4n) is 0. The first kappa shape index (κ1) is 11.5. The second-order valence-electron chi connectivity index (χ2n) is 0.945. The molecule has 0 rings (SSSR count). The summed E-state index contributed by atoms with van der Waals surface area (Å²) in [5.41, 5.74) is 0. The summed E-state index contributed by atoms with van der Waals surface area (Å²) in [5.74, 6) is 0. The zero-order chi connectivity index (χ0) is 7.86. The maximum Gasteiger partial charge on any atom is 0.631 e. The monoisotopic (exact) mass is 152 g/mol. The maximum atomic E-state index is 7.17. The molecule has 0 atom stereocenters.